The third kappa shape index (κ3) is 2.96. The van der Waals surface area contributed by atoms with E-state index in [1.807, 2.05) is 0 Å². The number of nitrogens with zero attached hydrogens (tertiary/aromatic N) is 1. The standard InChI is InChI=1S/C20H31NO2/c1-15(2)7-9-19-8-5-6-16(12-21)17(19)20(11-10-19)22-13-18(3,4)14-23-20/h16-17H,1,5-11,13-14H2,2-4H3/t16-,17-,19+/m0/s1. The van der Waals surface area contributed by atoms with Crippen molar-refractivity contribution in [1.29, 1.82) is 5.26 Å². The van der Waals surface area contributed by atoms with Crippen molar-refractivity contribution in [3.63, 3.8) is 0 Å². The summed E-state index contributed by atoms with van der Waals surface area (Å²) < 4.78 is 12.8. The molecule has 1 spiro atoms. The monoisotopic (exact) mass is 317 g/mol. The molecule has 1 saturated heterocycles. The van der Waals surface area contributed by atoms with E-state index in [2.05, 4.69) is 33.4 Å². The van der Waals surface area contributed by atoms with Crippen LogP contribution >= 0.6 is 0 Å². The van der Waals surface area contributed by atoms with Crippen LogP contribution in [0.2, 0.25) is 0 Å². The number of ether oxygens (including phenoxy) is 2. The topological polar surface area (TPSA) is 42.2 Å². The van der Waals surface area contributed by atoms with E-state index in [4.69, 9.17) is 9.47 Å². The van der Waals surface area contributed by atoms with Crippen LogP contribution in [0.25, 0.3) is 0 Å². The van der Waals surface area contributed by atoms with Gasteiger partial charge in [-0.15, -0.1) is 6.58 Å². The normalized spacial score (nSPS) is 38.0. The highest BCUT2D eigenvalue weighted by Gasteiger charge is 2.63. The van der Waals surface area contributed by atoms with E-state index in [0.29, 0.717) is 0 Å². The highest BCUT2D eigenvalue weighted by Crippen LogP contribution is 2.63. The third-order valence-electron chi connectivity index (χ3n) is 6.33. The van der Waals surface area contributed by atoms with E-state index in [1.54, 1.807) is 0 Å². The molecule has 0 aromatic heterocycles. The first kappa shape index (κ1) is 17.0. The first-order valence-corrected chi connectivity index (χ1v) is 9.15. The Morgan fingerprint density at radius 1 is 1.22 bits per heavy atom. The fourth-order valence-corrected chi connectivity index (χ4v) is 5.10. The largest absolute Gasteiger partial charge is 0.349 e. The molecule has 3 rings (SSSR count). The zero-order valence-corrected chi connectivity index (χ0v) is 15.0. The van der Waals surface area contributed by atoms with Gasteiger partial charge in [-0.1, -0.05) is 25.8 Å². The number of rotatable bonds is 3. The van der Waals surface area contributed by atoms with E-state index in [-0.39, 0.29) is 22.7 Å². The van der Waals surface area contributed by atoms with E-state index < -0.39 is 5.79 Å². The maximum Gasteiger partial charge on any atom is 0.172 e. The lowest BCUT2D eigenvalue weighted by molar-refractivity contribution is -0.327. The molecule has 3 nitrogen and oxygen atoms in total. The van der Waals surface area contributed by atoms with Crippen LogP contribution in [0.3, 0.4) is 0 Å². The zero-order valence-electron chi connectivity index (χ0n) is 15.0. The highest BCUT2D eigenvalue weighted by molar-refractivity contribution is 5.12. The summed E-state index contributed by atoms with van der Waals surface area (Å²) in [5.74, 6) is -0.215. The lowest BCUT2D eigenvalue weighted by Crippen LogP contribution is -2.55. The van der Waals surface area contributed by atoms with Crippen molar-refractivity contribution in [2.75, 3.05) is 13.2 Å². The summed E-state index contributed by atoms with van der Waals surface area (Å²) in [6, 6.07) is 2.60. The number of nitriles is 1. The van der Waals surface area contributed by atoms with E-state index >= 15 is 0 Å². The smallest absolute Gasteiger partial charge is 0.172 e. The average Bonchev–Trinajstić information content (AvgIpc) is 2.84. The lowest BCUT2D eigenvalue weighted by Gasteiger charge is -2.51. The Labute approximate surface area is 141 Å². The fourth-order valence-electron chi connectivity index (χ4n) is 5.10. The Balaban J connectivity index is 1.89. The van der Waals surface area contributed by atoms with Gasteiger partial charge in [0.1, 0.15) is 0 Å². The Bertz CT molecular complexity index is 508. The van der Waals surface area contributed by atoms with Gasteiger partial charge in [0.2, 0.25) is 0 Å². The molecule has 3 heteroatoms. The minimum absolute atomic E-state index is 0.0672. The summed E-state index contributed by atoms with van der Waals surface area (Å²) in [6.45, 7) is 12.0. The van der Waals surface area contributed by atoms with Crippen LogP contribution in [0.15, 0.2) is 12.2 Å². The summed E-state index contributed by atoms with van der Waals surface area (Å²) >= 11 is 0. The van der Waals surface area contributed by atoms with Gasteiger partial charge in [0, 0.05) is 17.8 Å². The molecule has 3 fully saturated rings. The quantitative estimate of drug-likeness (QED) is 0.700. The van der Waals surface area contributed by atoms with Gasteiger partial charge in [-0.25, -0.2) is 0 Å². The van der Waals surface area contributed by atoms with Crippen molar-refractivity contribution in [3.8, 4) is 6.07 Å². The van der Waals surface area contributed by atoms with Crippen molar-refractivity contribution in [1.82, 2.24) is 0 Å². The van der Waals surface area contributed by atoms with Gasteiger partial charge < -0.3 is 9.47 Å². The van der Waals surface area contributed by atoms with Crippen LogP contribution in [-0.2, 0) is 9.47 Å². The fraction of sp³-hybridized carbons (Fsp3) is 0.850. The summed E-state index contributed by atoms with van der Waals surface area (Å²) in [7, 11) is 0. The molecule has 3 aliphatic rings. The number of allylic oxidation sites excluding steroid dienone is 1. The minimum Gasteiger partial charge on any atom is -0.349 e. The SMILES string of the molecule is C=C(C)CC[C@@]12CCC[C@@H](C#N)[C@@H]1C1(CC2)OCC(C)(C)CO1. The molecule has 0 N–H and O–H groups in total. The second-order valence-corrected chi connectivity index (χ2v) is 8.98. The Kier molecular flexibility index (Phi) is 4.36. The Morgan fingerprint density at radius 3 is 2.52 bits per heavy atom. The molecule has 0 unspecified atom stereocenters. The summed E-state index contributed by atoms with van der Waals surface area (Å²) in [5, 5.41) is 9.77. The number of fused-ring (bicyclic) bond motifs is 2. The molecule has 2 aliphatic carbocycles. The van der Waals surface area contributed by atoms with Crippen LogP contribution in [0, 0.1) is 34.0 Å². The maximum absolute atomic E-state index is 9.77. The van der Waals surface area contributed by atoms with Crippen LogP contribution in [0.1, 0.15) is 65.7 Å². The second-order valence-electron chi connectivity index (χ2n) is 8.98. The number of hydrogen-bond donors (Lipinski definition) is 0. The first-order valence-electron chi connectivity index (χ1n) is 9.15. The molecule has 128 valence electrons. The molecule has 1 heterocycles. The Hall–Kier alpha value is -0.850. The molecular weight excluding hydrogens is 286 g/mol. The molecular formula is C20H31NO2. The molecule has 23 heavy (non-hydrogen) atoms. The zero-order chi connectivity index (χ0) is 16.7. The van der Waals surface area contributed by atoms with Gasteiger partial charge in [-0.3, -0.25) is 0 Å². The third-order valence-corrected chi connectivity index (χ3v) is 6.33. The van der Waals surface area contributed by atoms with Gasteiger partial charge in [-0.05, 0) is 44.4 Å². The van der Waals surface area contributed by atoms with E-state index in [0.717, 1.165) is 51.7 Å². The van der Waals surface area contributed by atoms with Crippen molar-refractivity contribution in [2.45, 2.75) is 71.5 Å². The van der Waals surface area contributed by atoms with Crippen LogP contribution in [0.5, 0.6) is 0 Å². The molecule has 0 aromatic rings. The lowest BCUT2D eigenvalue weighted by atomic mass is 9.60. The number of hydrogen-bond acceptors (Lipinski definition) is 3. The molecule has 1 aliphatic heterocycles. The van der Waals surface area contributed by atoms with Crippen LogP contribution in [-0.4, -0.2) is 19.0 Å². The van der Waals surface area contributed by atoms with Crippen molar-refractivity contribution in [3.05, 3.63) is 12.2 Å². The summed E-state index contributed by atoms with van der Waals surface area (Å²) in [4.78, 5) is 0. The summed E-state index contributed by atoms with van der Waals surface area (Å²) in [5.41, 5.74) is 1.52. The predicted molar refractivity (Wildman–Crippen MR) is 90.6 cm³/mol. The van der Waals surface area contributed by atoms with Crippen LogP contribution in [0.4, 0.5) is 0 Å². The molecule has 2 saturated carbocycles. The van der Waals surface area contributed by atoms with Gasteiger partial charge in [0.15, 0.2) is 5.79 Å². The van der Waals surface area contributed by atoms with Gasteiger partial charge in [0.05, 0.1) is 25.2 Å². The minimum atomic E-state index is -0.509. The highest BCUT2D eigenvalue weighted by atomic mass is 16.7. The van der Waals surface area contributed by atoms with Crippen molar-refractivity contribution < 1.29 is 9.47 Å². The maximum atomic E-state index is 9.77. The van der Waals surface area contributed by atoms with Gasteiger partial charge in [0.25, 0.3) is 0 Å². The van der Waals surface area contributed by atoms with E-state index in [1.165, 1.54) is 12.0 Å². The summed E-state index contributed by atoms with van der Waals surface area (Å²) in [6.07, 6.45) is 7.62. The average molecular weight is 317 g/mol. The molecule has 3 atom stereocenters. The van der Waals surface area contributed by atoms with Gasteiger partial charge in [-0.2, -0.15) is 5.26 Å². The second kappa shape index (κ2) is 5.90. The molecule has 0 amide bonds. The Morgan fingerprint density at radius 2 is 1.91 bits per heavy atom. The predicted octanol–water partition coefficient (Wildman–Crippen LogP) is 4.83. The van der Waals surface area contributed by atoms with Crippen molar-refractivity contribution in [2.24, 2.45) is 22.7 Å². The van der Waals surface area contributed by atoms with E-state index in [9.17, 15) is 5.26 Å². The molecule has 0 bridgehead atoms. The van der Waals surface area contributed by atoms with Gasteiger partial charge >= 0.3 is 0 Å². The molecule has 0 radical (unpaired) electrons. The van der Waals surface area contributed by atoms with Crippen molar-refractivity contribution >= 4 is 0 Å². The molecule has 0 aromatic carbocycles. The first-order chi connectivity index (χ1) is 10.8. The van der Waals surface area contributed by atoms with Crippen LogP contribution < -0.4 is 0 Å².